The fourth-order valence-corrected chi connectivity index (χ4v) is 2.16. The Morgan fingerprint density at radius 1 is 0.914 bits per heavy atom. The van der Waals surface area contributed by atoms with Gasteiger partial charge in [-0.2, -0.15) is 5.06 Å². The van der Waals surface area contributed by atoms with E-state index in [1.807, 2.05) is 37.1 Å². The summed E-state index contributed by atoms with van der Waals surface area (Å²) in [5.41, 5.74) is 0.767. The molecule has 0 saturated carbocycles. The van der Waals surface area contributed by atoms with Crippen molar-refractivity contribution >= 4 is 18.9 Å². The third kappa shape index (κ3) is 25.5. The number of rotatable bonds is 4. The second-order valence-electron chi connectivity index (χ2n) is 5.63. The summed E-state index contributed by atoms with van der Waals surface area (Å²) < 4.78 is 45.0. The van der Waals surface area contributed by atoms with Crippen molar-refractivity contribution in [3.05, 3.63) is 75.8 Å². The van der Waals surface area contributed by atoms with Crippen LogP contribution in [0.15, 0.2) is 30.3 Å². The van der Waals surface area contributed by atoms with Crippen LogP contribution in [0, 0.1) is 45.3 Å². The molecule has 0 aromatic heterocycles. The van der Waals surface area contributed by atoms with Crippen molar-refractivity contribution < 1.29 is 71.7 Å². The summed E-state index contributed by atoms with van der Waals surface area (Å²) in [4.78, 5) is 15.1. The van der Waals surface area contributed by atoms with Gasteiger partial charge in [-0.15, -0.1) is 0 Å². The van der Waals surface area contributed by atoms with Gasteiger partial charge < -0.3 is 4.79 Å². The Bertz CT molecular complexity index is 632. The van der Waals surface area contributed by atoms with Crippen LogP contribution in [-0.2, 0) is 86.1 Å². The number of hydroxylamine groups is 2. The summed E-state index contributed by atoms with van der Waals surface area (Å²) >= 11 is 3.29. The molecule has 35 heavy (non-hydrogen) atoms. The van der Waals surface area contributed by atoms with Gasteiger partial charge >= 0.3 is 67.8 Å². The minimum Gasteiger partial charge on any atom is 0 e. The average molecular weight is 590 g/mol. The monoisotopic (exact) mass is 590 g/mol. The van der Waals surface area contributed by atoms with Crippen LogP contribution >= 0.6 is 0 Å². The summed E-state index contributed by atoms with van der Waals surface area (Å²) in [7, 11) is 0. The molecule has 0 aliphatic carbocycles. The van der Waals surface area contributed by atoms with Gasteiger partial charge in [-0.25, -0.2) is 0 Å². The van der Waals surface area contributed by atoms with Gasteiger partial charge in [0.2, 0.25) is 0 Å². The van der Waals surface area contributed by atoms with Crippen molar-refractivity contribution in [3.63, 3.8) is 0 Å². The molecule has 12 heteroatoms. The van der Waals surface area contributed by atoms with Gasteiger partial charge in [-0.3, -0.25) is 4.84 Å². The van der Waals surface area contributed by atoms with Crippen LogP contribution in [0.25, 0.3) is 0 Å². The van der Waals surface area contributed by atoms with E-state index < -0.39 is 5.41 Å². The molecular formula is C23H28Fe2NO8S+. The molecule has 1 heterocycles. The number of carbonyl (C=O) groups excluding carboxylic acids is 1. The molecule has 1 aliphatic rings. The molecule has 0 unspecified atom stereocenters. The Kier molecular flexibility index (Phi) is 71.7. The zero-order chi connectivity index (χ0) is 27.9. The quantitative estimate of drug-likeness (QED) is 0.301. The van der Waals surface area contributed by atoms with Gasteiger partial charge in [-0.05, 0) is 50.2 Å². The predicted octanol–water partition coefficient (Wildman–Crippen LogP) is 2.45. The zero-order valence-electron chi connectivity index (χ0n) is 19.6. The molecule has 1 aliphatic heterocycles. The van der Waals surface area contributed by atoms with E-state index in [-0.39, 0.29) is 46.3 Å². The van der Waals surface area contributed by atoms with Gasteiger partial charge in [0.05, 0.1) is 6.10 Å². The maximum absolute atomic E-state index is 9.29. The summed E-state index contributed by atoms with van der Waals surface area (Å²) in [6, 6.07) is 10.3. The molecule has 1 saturated heterocycles. The van der Waals surface area contributed by atoms with E-state index in [4.69, 9.17) is 32.8 Å². The molecule has 1 aromatic carbocycles. The Balaban J connectivity index is -0.0000000575. The first-order valence-electron chi connectivity index (χ1n) is 8.75. The Morgan fingerprint density at radius 3 is 1.51 bits per heavy atom. The second kappa shape index (κ2) is 46.0. The van der Waals surface area contributed by atoms with Crippen LogP contribution in [0.1, 0.15) is 39.7 Å². The van der Waals surface area contributed by atoms with Gasteiger partial charge in [0.1, 0.15) is 5.75 Å². The third-order valence-corrected chi connectivity index (χ3v) is 4.61. The molecule has 0 spiro atoms. The van der Waals surface area contributed by atoms with Crippen molar-refractivity contribution in [1.82, 2.24) is 5.06 Å². The van der Waals surface area contributed by atoms with E-state index >= 15 is 0 Å². The van der Waals surface area contributed by atoms with Crippen molar-refractivity contribution in [3.8, 4) is 0 Å². The van der Waals surface area contributed by atoms with Crippen LogP contribution in [0.3, 0.4) is 0 Å². The Labute approximate surface area is 234 Å². The summed E-state index contributed by atoms with van der Waals surface area (Å²) in [5.74, 6) is 1.12. The largest absolute Gasteiger partial charge is 0 e. The Hall–Kier alpha value is -1.36. The number of hydrogen-bond acceptors (Lipinski definition) is 2. The molecule has 0 amide bonds. The molecule has 1 N–H and O–H groups in total. The van der Waals surface area contributed by atoms with Gasteiger partial charge in [0, 0.05) is 46.7 Å². The fraction of sp³-hybridized carbons (Fsp3) is 0.435. The standard InChI is InChI=1S/C14H19NO2.C3H8S.6CO.2Fe/c1-11-14(3,10-16)12(2)17-15(11)9-13-7-5-4-6-8-13;1-2-3-4;6*1-2;;/h4-8,11-12,16H,9H2,1-3H3;4H,2-3H2,1H3;;;;;;;;/p+1/t11-,12+,14-;;;;;;;;;/m1........./s1. The van der Waals surface area contributed by atoms with Crippen molar-refractivity contribution in [2.24, 2.45) is 5.41 Å². The van der Waals surface area contributed by atoms with Gasteiger partial charge in [0.15, 0.2) is 0 Å². The third-order valence-electron chi connectivity index (χ3n) is 4.11. The number of benzene rings is 1. The minimum absolute atomic E-state index is 0. The second-order valence-corrected chi connectivity index (χ2v) is 6.13. The minimum atomic E-state index is -0.436. The molecule has 0 bridgehead atoms. The van der Waals surface area contributed by atoms with E-state index in [1.54, 1.807) is 0 Å². The first kappa shape index (κ1) is 54.5. The first-order valence-corrected chi connectivity index (χ1v) is 9.46. The van der Waals surface area contributed by atoms with Crippen molar-refractivity contribution in [2.75, 3.05) is 5.75 Å². The molecule has 9 nitrogen and oxygen atoms in total. The van der Waals surface area contributed by atoms with Crippen molar-refractivity contribution in [1.29, 1.82) is 0 Å². The maximum atomic E-state index is 9.29. The van der Waals surface area contributed by atoms with E-state index in [9.17, 15) is 4.79 Å². The van der Waals surface area contributed by atoms with Crippen LogP contribution in [0.4, 0.5) is 0 Å². The van der Waals surface area contributed by atoms with Gasteiger partial charge in [-0.1, -0.05) is 44.2 Å². The molecule has 2 rings (SSSR count). The molecule has 194 valence electrons. The first-order chi connectivity index (χ1) is 16.0. The topological polar surface area (TPSA) is 153 Å². The summed E-state index contributed by atoms with van der Waals surface area (Å²) in [6.45, 7) is 35.8. The van der Waals surface area contributed by atoms with Crippen LogP contribution in [-0.4, -0.2) is 34.0 Å². The maximum Gasteiger partial charge on any atom is 0 e. The van der Waals surface area contributed by atoms with E-state index in [0.29, 0.717) is 0 Å². The zero-order valence-corrected chi connectivity index (χ0v) is 22.8. The van der Waals surface area contributed by atoms with Crippen LogP contribution in [0.5, 0.6) is 0 Å². The molecule has 1 fully saturated rings. The average Bonchev–Trinajstić information content (AvgIpc) is 3.15. The normalized spacial score (nSPS) is 17.6. The number of hydrogen-bond donors (Lipinski definition) is 0. The molecular weight excluding hydrogens is 562 g/mol. The summed E-state index contributed by atoms with van der Waals surface area (Å²) in [6.07, 6.45) is 3.56. The fourth-order valence-electron chi connectivity index (χ4n) is 2.16. The molecule has 0 radical (unpaired) electrons. The molecule has 1 aromatic rings. The smallest absolute Gasteiger partial charge is 0 e. The molecule has 3 atom stereocenters. The Morgan fingerprint density at radius 2 is 1.26 bits per heavy atom. The SMILES string of the molecule is CCC[SH2+].C[C@@H]1ON(Cc2ccccc2)[C@H](C)[C@@]1(C)[C-]=[OH+].[C-]#[O+].[C-]#[O+].[C-]#[O+].[C-]#[O+].[C-]#[O+].[C-]#[O+].[Fe].[Fe]. The summed E-state index contributed by atoms with van der Waals surface area (Å²) in [5, 5.41) is 1.92. The van der Waals surface area contributed by atoms with E-state index in [1.165, 1.54) is 12.0 Å². The predicted molar refractivity (Wildman–Crippen MR) is 116 cm³/mol. The number of nitrogens with zero attached hydrogens (tertiary/aromatic N) is 1. The van der Waals surface area contributed by atoms with Crippen molar-refractivity contribution in [2.45, 2.75) is 52.8 Å². The van der Waals surface area contributed by atoms with E-state index in [0.717, 1.165) is 12.3 Å². The van der Waals surface area contributed by atoms with E-state index in [2.05, 4.69) is 84.8 Å². The van der Waals surface area contributed by atoms with Crippen LogP contribution in [0.2, 0.25) is 0 Å². The van der Waals surface area contributed by atoms with Gasteiger partial charge in [0.25, 0.3) is 0 Å². The van der Waals surface area contributed by atoms with Crippen LogP contribution < -0.4 is 0 Å².